The summed E-state index contributed by atoms with van der Waals surface area (Å²) in [5.74, 6) is -0.877. The second-order valence-corrected chi connectivity index (χ2v) is 18.0. The summed E-state index contributed by atoms with van der Waals surface area (Å²) in [6, 6.07) is 3.08. The Balaban J connectivity index is 1.20. The van der Waals surface area contributed by atoms with Crippen LogP contribution in [0.3, 0.4) is 0 Å². The number of hydrogen-bond acceptors (Lipinski definition) is 12. The number of nitrogens with zero attached hydrogens (tertiary/aromatic N) is 4. The van der Waals surface area contributed by atoms with Crippen molar-refractivity contribution < 1.29 is 38.5 Å². The van der Waals surface area contributed by atoms with Crippen LogP contribution in [-0.2, 0) is 19.1 Å². The van der Waals surface area contributed by atoms with Gasteiger partial charge in [0, 0.05) is 29.8 Å². The number of pyridine rings is 1. The molecular formula is C39H48ClN7O8S. The number of benzene rings is 1. The van der Waals surface area contributed by atoms with Gasteiger partial charge in [0.25, 0.3) is 0 Å². The average molecular weight is 810 g/mol. The summed E-state index contributed by atoms with van der Waals surface area (Å²) in [6.45, 7) is 13.1. The fourth-order valence-corrected chi connectivity index (χ4v) is 9.09. The lowest BCUT2D eigenvalue weighted by Crippen LogP contribution is -2.59. The number of ether oxygens (including phenoxy) is 3. The van der Waals surface area contributed by atoms with Gasteiger partial charge in [0.05, 0.1) is 19.2 Å². The van der Waals surface area contributed by atoms with Gasteiger partial charge in [-0.05, 0) is 68.9 Å². The third-order valence-electron chi connectivity index (χ3n) is 11.1. The van der Waals surface area contributed by atoms with Crippen LogP contribution in [0.5, 0.6) is 11.5 Å². The standard InChI is InChI=1S/C39H48ClN7O8S/c1-8-21-16-39(21,35(50)51)44-32(48)26-14-23(17-47(26)34(49)31(38(4,5)6)43-37(52)55-22-12-19-11-20(19)13-22)54-28-15-25(33-45-46-36(56-33)41-18(2)3)42-30-24(28)9-10-27(53-7)29(30)40/h8-10,15,18-23,26,31H,1,11-14,16-17H2,2-7H3,(H,41,46)(H,43,52)(H,44,48)(H,50,51)/t19-,20+,21?,22+,23-,26+,31-,39-/m1/s1. The highest BCUT2D eigenvalue weighted by atomic mass is 35.5. The van der Waals surface area contributed by atoms with Gasteiger partial charge in [0.1, 0.15) is 52.0 Å². The lowest BCUT2D eigenvalue weighted by molar-refractivity contribution is -0.146. The van der Waals surface area contributed by atoms with Gasteiger partial charge in [-0.25, -0.2) is 14.6 Å². The Morgan fingerprint density at radius 1 is 1.09 bits per heavy atom. The predicted octanol–water partition coefficient (Wildman–Crippen LogP) is 5.67. The van der Waals surface area contributed by atoms with Crippen molar-refractivity contribution in [3.8, 4) is 22.2 Å². The van der Waals surface area contributed by atoms with Gasteiger partial charge in [-0.15, -0.1) is 16.8 Å². The molecule has 1 saturated heterocycles. The molecule has 1 unspecified atom stereocenters. The summed E-state index contributed by atoms with van der Waals surface area (Å²) >= 11 is 8.10. The van der Waals surface area contributed by atoms with E-state index in [1.807, 2.05) is 34.6 Å². The molecule has 1 aromatic carbocycles. The zero-order valence-corrected chi connectivity index (χ0v) is 33.8. The number of aromatic nitrogens is 3. The molecule has 17 heteroatoms. The lowest BCUT2D eigenvalue weighted by Gasteiger charge is -2.35. The summed E-state index contributed by atoms with van der Waals surface area (Å²) in [4.78, 5) is 60.6. The van der Waals surface area contributed by atoms with Crippen molar-refractivity contribution >= 4 is 62.8 Å². The smallest absolute Gasteiger partial charge is 0.408 e. The number of alkyl carbamates (subject to hydrolysis) is 1. The molecule has 0 bridgehead atoms. The molecular weight excluding hydrogens is 762 g/mol. The Labute approximate surface area is 333 Å². The van der Waals surface area contributed by atoms with Crippen molar-refractivity contribution in [2.45, 2.75) is 103 Å². The second kappa shape index (κ2) is 15.0. The first kappa shape index (κ1) is 39.5. The fourth-order valence-electron chi connectivity index (χ4n) is 7.95. The minimum Gasteiger partial charge on any atom is -0.495 e. The Kier molecular flexibility index (Phi) is 10.6. The van der Waals surface area contributed by atoms with Crippen molar-refractivity contribution in [3.05, 3.63) is 35.9 Å². The maximum Gasteiger partial charge on any atom is 0.408 e. The number of hydrogen-bond donors (Lipinski definition) is 4. The Hall–Kier alpha value is -4.70. The average Bonchev–Trinajstić information content (AvgIpc) is 3.80. The number of likely N-dealkylation sites (tertiary alicyclic amines) is 1. The number of methoxy groups -OCH3 is 1. The first-order valence-corrected chi connectivity index (χ1v) is 20.1. The Morgan fingerprint density at radius 3 is 2.45 bits per heavy atom. The lowest BCUT2D eigenvalue weighted by atomic mass is 9.85. The number of carboxylic acids is 1. The molecule has 3 saturated carbocycles. The molecule has 8 atom stereocenters. The van der Waals surface area contributed by atoms with Crippen LogP contribution < -0.4 is 25.4 Å². The molecule has 56 heavy (non-hydrogen) atoms. The van der Waals surface area contributed by atoms with E-state index >= 15 is 0 Å². The van der Waals surface area contributed by atoms with Crippen molar-refractivity contribution in [2.24, 2.45) is 23.2 Å². The van der Waals surface area contributed by atoms with E-state index in [1.165, 1.54) is 35.8 Å². The number of carbonyl (C=O) groups is 4. The van der Waals surface area contributed by atoms with Crippen LogP contribution in [0.4, 0.5) is 9.93 Å². The highest BCUT2D eigenvalue weighted by Gasteiger charge is 2.61. The van der Waals surface area contributed by atoms with Gasteiger partial charge in [-0.3, -0.25) is 9.59 Å². The van der Waals surface area contributed by atoms with Gasteiger partial charge in [-0.1, -0.05) is 49.8 Å². The monoisotopic (exact) mass is 809 g/mol. The Bertz CT molecular complexity index is 2060. The number of rotatable bonds is 13. The summed E-state index contributed by atoms with van der Waals surface area (Å²) < 4.78 is 17.9. The maximum absolute atomic E-state index is 14.6. The summed E-state index contributed by atoms with van der Waals surface area (Å²) in [5, 5.41) is 29.4. The molecule has 4 N–H and O–H groups in total. The highest BCUT2D eigenvalue weighted by molar-refractivity contribution is 7.18. The number of carboxylic acid groups (broad SMARTS) is 1. The third kappa shape index (κ3) is 7.82. The fraction of sp³-hybridized carbons (Fsp3) is 0.564. The van der Waals surface area contributed by atoms with Crippen LogP contribution in [0.1, 0.15) is 66.7 Å². The van der Waals surface area contributed by atoms with Crippen molar-refractivity contribution in [1.82, 2.24) is 30.7 Å². The SMILES string of the molecule is C=CC1C[C@]1(NC(=O)[C@@H]1C[C@@H](Oc2cc(-c3nnc(NC(C)C)s3)nc3c(Cl)c(OC)ccc23)CN1C(=O)[C@@H](NC(=O)O[C@@H]1C[C@@H]2C[C@@H]2C1)C(C)(C)C)C(=O)O. The number of amides is 3. The number of anilines is 1. The highest BCUT2D eigenvalue weighted by Crippen LogP contribution is 2.52. The van der Waals surface area contributed by atoms with Gasteiger partial charge in [0.2, 0.25) is 16.9 Å². The predicted molar refractivity (Wildman–Crippen MR) is 210 cm³/mol. The van der Waals surface area contributed by atoms with Crippen molar-refractivity contribution in [3.63, 3.8) is 0 Å². The Morgan fingerprint density at radius 2 is 1.82 bits per heavy atom. The zero-order chi connectivity index (χ0) is 40.3. The molecule has 1 aliphatic heterocycles. The summed E-state index contributed by atoms with van der Waals surface area (Å²) in [5.41, 5.74) is -1.51. The van der Waals surface area contributed by atoms with E-state index < -0.39 is 58.9 Å². The number of fused-ring (bicyclic) bond motifs is 2. The number of aliphatic carboxylic acids is 1. The van der Waals surface area contributed by atoms with Gasteiger partial charge < -0.3 is 40.2 Å². The largest absolute Gasteiger partial charge is 0.495 e. The third-order valence-corrected chi connectivity index (χ3v) is 12.4. The van der Waals surface area contributed by atoms with Gasteiger partial charge in [-0.2, -0.15) is 0 Å². The molecule has 3 heterocycles. The summed E-state index contributed by atoms with van der Waals surface area (Å²) in [7, 11) is 1.50. The molecule has 300 valence electrons. The van der Waals surface area contributed by atoms with Crippen molar-refractivity contribution in [2.75, 3.05) is 19.0 Å². The molecule has 2 aromatic heterocycles. The van der Waals surface area contributed by atoms with E-state index in [2.05, 4.69) is 32.7 Å². The minimum absolute atomic E-state index is 0.0164. The van der Waals surface area contributed by atoms with E-state index in [9.17, 15) is 24.3 Å². The van der Waals surface area contributed by atoms with Crippen molar-refractivity contribution in [1.29, 1.82) is 0 Å². The second-order valence-electron chi connectivity index (χ2n) is 16.7. The first-order valence-electron chi connectivity index (χ1n) is 18.9. The topological polar surface area (TPSA) is 194 Å². The van der Waals surface area contributed by atoms with Crippen LogP contribution in [0.15, 0.2) is 30.9 Å². The molecule has 4 aliphatic rings. The van der Waals surface area contributed by atoms with E-state index in [0.717, 1.165) is 12.8 Å². The van der Waals surface area contributed by atoms with Crippen LogP contribution in [0.2, 0.25) is 5.02 Å². The maximum atomic E-state index is 14.6. The quantitative estimate of drug-likeness (QED) is 0.155. The van der Waals surface area contributed by atoms with E-state index in [0.29, 0.717) is 50.1 Å². The van der Waals surface area contributed by atoms with E-state index in [4.69, 9.17) is 30.8 Å². The van der Waals surface area contributed by atoms with E-state index in [-0.39, 0.29) is 36.6 Å². The number of halogens is 1. The molecule has 3 aromatic rings. The van der Waals surface area contributed by atoms with Crippen LogP contribution in [0, 0.1) is 23.2 Å². The molecule has 15 nitrogen and oxygen atoms in total. The number of nitrogens with one attached hydrogen (secondary N) is 3. The zero-order valence-electron chi connectivity index (χ0n) is 32.3. The number of carbonyl (C=O) groups excluding carboxylic acids is 3. The van der Waals surface area contributed by atoms with Gasteiger partial charge >= 0.3 is 12.1 Å². The first-order chi connectivity index (χ1) is 26.5. The van der Waals surface area contributed by atoms with Gasteiger partial charge in [0.15, 0.2) is 5.01 Å². The molecule has 0 radical (unpaired) electrons. The molecule has 3 amide bonds. The molecule has 3 aliphatic carbocycles. The minimum atomic E-state index is -1.53. The molecule has 0 spiro atoms. The van der Waals surface area contributed by atoms with Crippen LogP contribution >= 0.6 is 22.9 Å². The van der Waals surface area contributed by atoms with E-state index in [1.54, 1.807) is 18.2 Å². The normalized spacial score (nSPS) is 27.0. The molecule has 4 fully saturated rings. The van der Waals surface area contributed by atoms with Crippen LogP contribution in [0.25, 0.3) is 21.6 Å². The summed E-state index contributed by atoms with van der Waals surface area (Å²) in [6.07, 6.45) is 2.84. The molecule has 7 rings (SSSR count). The van der Waals surface area contributed by atoms with Crippen LogP contribution in [-0.4, -0.2) is 98.6 Å².